The minimum absolute atomic E-state index is 0.0814. The van der Waals surface area contributed by atoms with E-state index in [1.807, 2.05) is 71.4 Å². The first-order valence-electron chi connectivity index (χ1n) is 26.7. The maximum absolute atomic E-state index is 5.77. The second-order valence-corrected chi connectivity index (χ2v) is 26.6. The zero-order valence-electron chi connectivity index (χ0n) is 49.3. The van der Waals surface area contributed by atoms with Gasteiger partial charge in [0.15, 0.2) is 11.5 Å². The molecule has 76 heavy (non-hydrogen) atoms. The summed E-state index contributed by atoms with van der Waals surface area (Å²) in [6, 6.07) is 47.7. The fraction of sp³-hybridized carbons (Fsp3) is 0.418. The van der Waals surface area contributed by atoms with Gasteiger partial charge in [-0.15, -0.1) is 22.7 Å². The van der Waals surface area contributed by atoms with Crippen molar-refractivity contribution in [1.82, 2.24) is 15.3 Å². The molecule has 1 aliphatic heterocycles. The summed E-state index contributed by atoms with van der Waals surface area (Å²) in [7, 11) is 0. The highest BCUT2D eigenvalue weighted by Crippen LogP contribution is 2.33. The van der Waals surface area contributed by atoms with Crippen LogP contribution in [-0.4, -0.2) is 28.0 Å². The van der Waals surface area contributed by atoms with Gasteiger partial charge in [0.1, 0.15) is 29.5 Å². The lowest BCUT2D eigenvalue weighted by Crippen LogP contribution is -2.33. The molecule has 0 N–H and O–H groups in total. The molecule has 1 aliphatic rings. The van der Waals surface area contributed by atoms with E-state index in [9.17, 15) is 0 Å². The van der Waals surface area contributed by atoms with Crippen molar-refractivity contribution in [3.8, 4) is 11.5 Å². The van der Waals surface area contributed by atoms with Crippen molar-refractivity contribution in [2.75, 3.05) is 6.61 Å². The summed E-state index contributed by atoms with van der Waals surface area (Å²) in [6.45, 7) is 42.1. The normalized spacial score (nSPS) is 13.2. The first kappa shape index (κ1) is 62.5. The molecule has 7 nitrogen and oxygen atoms in total. The number of aromatic nitrogens is 3. The molecule has 0 spiro atoms. The molecule has 5 heterocycles. The van der Waals surface area contributed by atoms with Crippen LogP contribution in [0.25, 0.3) is 21.8 Å². The fourth-order valence-corrected chi connectivity index (χ4v) is 8.83. The smallest absolute Gasteiger partial charge is 0.161 e. The molecule has 0 aliphatic carbocycles. The molecule has 0 bridgehead atoms. The highest BCUT2D eigenvalue weighted by molar-refractivity contribution is 7.10. The Bertz CT molecular complexity index is 2870. The summed E-state index contributed by atoms with van der Waals surface area (Å²) >= 11 is 3.55. The lowest BCUT2D eigenvalue weighted by atomic mass is 9.86. The summed E-state index contributed by atoms with van der Waals surface area (Å²) in [5, 5.41) is 15.7. The van der Waals surface area contributed by atoms with Crippen molar-refractivity contribution in [2.24, 2.45) is 5.92 Å². The number of nitrogens with zero attached hydrogens (tertiary/aromatic N) is 3. The van der Waals surface area contributed by atoms with Crippen LogP contribution in [0.15, 0.2) is 172 Å². The van der Waals surface area contributed by atoms with Crippen molar-refractivity contribution < 1.29 is 18.5 Å². The zero-order chi connectivity index (χ0) is 56.3. The van der Waals surface area contributed by atoms with Crippen molar-refractivity contribution in [3.63, 3.8) is 0 Å². The van der Waals surface area contributed by atoms with Crippen molar-refractivity contribution in [2.45, 2.75) is 171 Å². The van der Waals surface area contributed by atoms with Crippen LogP contribution < -0.4 is 9.47 Å². The van der Waals surface area contributed by atoms with E-state index < -0.39 is 0 Å². The Morgan fingerprint density at radius 2 is 1.17 bits per heavy atom. The van der Waals surface area contributed by atoms with Gasteiger partial charge in [-0.25, -0.2) is 9.61 Å². The van der Waals surface area contributed by atoms with Gasteiger partial charge in [0.25, 0.3) is 0 Å². The Kier molecular flexibility index (Phi) is 23.3. The first-order valence-corrected chi connectivity index (χ1v) is 28.4. The van der Waals surface area contributed by atoms with Crippen molar-refractivity contribution >= 4 is 44.5 Å². The molecule has 0 saturated heterocycles. The summed E-state index contributed by atoms with van der Waals surface area (Å²) in [4.78, 5) is 5.67. The van der Waals surface area contributed by atoms with E-state index in [-0.39, 0.29) is 22.3 Å². The van der Waals surface area contributed by atoms with E-state index >= 15 is 0 Å². The second-order valence-electron chi connectivity index (χ2n) is 24.8. The molecule has 0 saturated carbocycles. The maximum atomic E-state index is 5.77. The van der Waals surface area contributed by atoms with Gasteiger partial charge in [-0.1, -0.05) is 235 Å². The number of furan rings is 1. The lowest BCUT2D eigenvalue weighted by molar-refractivity contribution is 0.0591. The number of fused-ring (bicyclic) bond motifs is 3. The molecule has 1 atom stereocenters. The molecule has 9 heteroatoms. The first-order chi connectivity index (χ1) is 35.6. The highest BCUT2D eigenvalue weighted by atomic mass is 32.1. The van der Waals surface area contributed by atoms with E-state index in [0.717, 1.165) is 28.3 Å². The van der Waals surface area contributed by atoms with Crippen molar-refractivity contribution in [3.05, 3.63) is 195 Å². The minimum atomic E-state index is 0.0814. The van der Waals surface area contributed by atoms with Gasteiger partial charge in [-0.05, 0) is 108 Å². The average molecular weight is 1060 g/mol. The standard InChI is InChI=1S/C13H14.C11H14O2.C10H12N2O.C10H14.C8H12O.C8H12S.C7H11NS/c1-10(2)12-8-7-11-5-3-4-6-13(11)9-12;1-8(2)11-7-12-9-5-3-4-6-10(9)13-11;1-10(2,3)7-5-4-6-8-9(7)12-13-11-8;1-10(2,3)9-7-5-4-6-8-9;2*1-8(2,3)7-5-4-6-9-7;1-7(2,3)6-8-4-5-9-6/h3-10H,1-2H3;3-6,8,11H,7H2,1-2H3;4-6H,1-3H3;4-8H,1-3H3;2*4-6H,1-3H3;4-5H,1-3H3. The molecular formula is C67H89N3O4S2. The molecule has 408 valence electrons. The van der Waals surface area contributed by atoms with Crippen LogP contribution in [0.1, 0.15) is 170 Å². The number of thiazole rings is 1. The number of hydrogen-bond donors (Lipinski definition) is 0. The third kappa shape index (κ3) is 20.8. The third-order valence-corrected chi connectivity index (χ3v) is 14.5. The van der Waals surface area contributed by atoms with Crippen molar-refractivity contribution in [1.29, 1.82) is 0 Å². The van der Waals surface area contributed by atoms with Gasteiger partial charge >= 0.3 is 0 Å². The Labute approximate surface area is 465 Å². The van der Waals surface area contributed by atoms with Crippen LogP contribution in [0.3, 0.4) is 0 Å². The summed E-state index contributed by atoms with van der Waals surface area (Å²) in [5.41, 5.74) is 6.79. The number of ether oxygens (including phenoxy) is 2. The van der Waals surface area contributed by atoms with Crippen LogP contribution in [0, 0.1) is 5.92 Å². The van der Waals surface area contributed by atoms with E-state index in [1.54, 1.807) is 17.6 Å². The predicted molar refractivity (Wildman–Crippen MR) is 326 cm³/mol. The Morgan fingerprint density at radius 3 is 1.64 bits per heavy atom. The highest BCUT2D eigenvalue weighted by Gasteiger charge is 2.23. The van der Waals surface area contributed by atoms with Gasteiger partial charge < -0.3 is 13.9 Å². The van der Waals surface area contributed by atoms with Crippen LogP contribution in [0.5, 0.6) is 11.5 Å². The number of para-hydroxylation sites is 2. The molecule has 5 aromatic carbocycles. The van der Waals surface area contributed by atoms with Gasteiger partial charge in [0.2, 0.25) is 0 Å². The second kappa shape index (κ2) is 28.4. The van der Waals surface area contributed by atoms with Gasteiger partial charge in [0.05, 0.1) is 11.3 Å². The minimum Gasteiger partial charge on any atom is -0.486 e. The molecule has 4 aromatic heterocycles. The Hall–Kier alpha value is -6.03. The molecular weight excluding hydrogens is 975 g/mol. The average Bonchev–Trinajstić information content (AvgIpc) is 4.23. The van der Waals surface area contributed by atoms with Gasteiger partial charge in [-0.3, -0.25) is 0 Å². The fourth-order valence-electron chi connectivity index (χ4n) is 7.29. The van der Waals surface area contributed by atoms with Crippen LogP contribution in [-0.2, 0) is 27.1 Å². The molecule has 9 aromatic rings. The summed E-state index contributed by atoms with van der Waals surface area (Å²) in [5.74, 6) is 3.88. The lowest BCUT2D eigenvalue weighted by Gasteiger charge is -2.28. The van der Waals surface area contributed by atoms with E-state index in [4.69, 9.17) is 18.5 Å². The number of benzene rings is 5. The molecule has 0 fully saturated rings. The van der Waals surface area contributed by atoms with Crippen LogP contribution in [0.4, 0.5) is 0 Å². The maximum Gasteiger partial charge on any atom is 0.161 e. The number of thiophene rings is 1. The molecule has 10 rings (SSSR count). The van der Waals surface area contributed by atoms with Crippen LogP contribution in [0.2, 0.25) is 0 Å². The van der Waals surface area contributed by atoms with Gasteiger partial charge in [-0.2, -0.15) is 0 Å². The Morgan fingerprint density at radius 1 is 0.526 bits per heavy atom. The largest absolute Gasteiger partial charge is 0.486 e. The number of hydrogen-bond acceptors (Lipinski definition) is 9. The van der Waals surface area contributed by atoms with Gasteiger partial charge in [0, 0.05) is 27.3 Å². The number of rotatable bonds is 2. The summed E-state index contributed by atoms with van der Waals surface area (Å²) in [6.07, 6.45) is 3.75. The summed E-state index contributed by atoms with van der Waals surface area (Å²) < 4.78 is 21.2. The molecule has 0 amide bonds. The monoisotopic (exact) mass is 1060 g/mol. The van der Waals surface area contributed by atoms with E-state index in [2.05, 4.69) is 243 Å². The quantitative estimate of drug-likeness (QED) is 0.171. The zero-order valence-corrected chi connectivity index (χ0v) is 51.0. The molecule has 1 unspecified atom stereocenters. The predicted octanol–water partition coefficient (Wildman–Crippen LogP) is 20.0. The van der Waals surface area contributed by atoms with E-state index in [1.165, 1.54) is 37.3 Å². The Balaban J connectivity index is 0.000000193. The SMILES string of the molecule is CC(C)(C)c1cccc2nonc12.CC(C)(C)c1ccccc1.CC(C)(C)c1ccco1.CC(C)(C)c1cccs1.CC(C)(C)c1nccs1.CC(C)C1COc2ccccc2O1.CC(C)c1ccc2ccccc2c1. The molecule has 0 radical (unpaired) electrons. The van der Waals surface area contributed by atoms with Crippen LogP contribution >= 0.6 is 22.7 Å². The van der Waals surface area contributed by atoms with E-state index in [0.29, 0.717) is 29.3 Å². The third-order valence-electron chi connectivity index (χ3n) is 12.0. The topological polar surface area (TPSA) is 83.4 Å².